The van der Waals surface area contributed by atoms with Gasteiger partial charge < -0.3 is 20.2 Å². The first-order valence-electron chi connectivity index (χ1n) is 6.31. The third kappa shape index (κ3) is 10.2. The summed E-state index contributed by atoms with van der Waals surface area (Å²) in [7, 11) is -4.64. The smallest absolute Gasteiger partial charge is 0.412 e. The van der Waals surface area contributed by atoms with Crippen LogP contribution < -0.4 is 4.43 Å². The van der Waals surface area contributed by atoms with Crippen LogP contribution in [0.1, 0.15) is 52.7 Å². The van der Waals surface area contributed by atoms with E-state index in [0.29, 0.717) is 0 Å². The molecule has 5 nitrogen and oxygen atoms in total. The van der Waals surface area contributed by atoms with E-state index in [1.165, 1.54) is 15.6 Å². The van der Waals surface area contributed by atoms with E-state index in [1.807, 2.05) is 0 Å². The second-order valence-corrected chi connectivity index (χ2v) is 8.46. The van der Waals surface area contributed by atoms with Crippen molar-refractivity contribution in [1.82, 2.24) is 0 Å². The Balaban J connectivity index is 0. The molecule has 0 unspecified atom stereocenters. The van der Waals surface area contributed by atoms with Crippen molar-refractivity contribution in [2.24, 2.45) is 0 Å². The molecule has 0 saturated heterocycles. The lowest BCUT2D eigenvalue weighted by molar-refractivity contribution is 0.275. The summed E-state index contributed by atoms with van der Waals surface area (Å²) in [4.78, 5) is 21.6. The summed E-state index contributed by atoms with van der Waals surface area (Å²) in [5.41, 5.74) is 3.30. The minimum atomic E-state index is -4.64. The average Bonchev–Trinajstić information content (AvgIpc) is 2.11. The molecule has 1 aromatic rings. The van der Waals surface area contributed by atoms with Gasteiger partial charge in [-0.2, -0.15) is 0 Å². The molecule has 0 spiro atoms. The first-order valence-corrected chi connectivity index (χ1v) is 8.45. The molecule has 0 fully saturated rings. The SMILES string of the molecule is CC(C)(C)c1cc[c]([Al])c(C(C)(C)C)c1.O.O=P(O)(O)O. The van der Waals surface area contributed by atoms with Crippen molar-refractivity contribution in [3.63, 3.8) is 0 Å². The Hall–Kier alpha value is -0.178. The topological polar surface area (TPSA) is 109 Å². The third-order valence-electron chi connectivity index (χ3n) is 2.73. The van der Waals surface area contributed by atoms with Gasteiger partial charge in [0.15, 0.2) is 16.3 Å². The van der Waals surface area contributed by atoms with Gasteiger partial charge in [0.05, 0.1) is 0 Å². The molecule has 0 aromatic heterocycles. The van der Waals surface area contributed by atoms with Crippen molar-refractivity contribution in [1.29, 1.82) is 0 Å². The Labute approximate surface area is 135 Å². The van der Waals surface area contributed by atoms with E-state index in [0.717, 1.165) is 0 Å². The highest BCUT2D eigenvalue weighted by Crippen LogP contribution is 2.27. The van der Waals surface area contributed by atoms with Crippen LogP contribution in [0.2, 0.25) is 0 Å². The maximum atomic E-state index is 8.88. The Morgan fingerprint density at radius 1 is 0.952 bits per heavy atom. The van der Waals surface area contributed by atoms with Crippen molar-refractivity contribution in [2.45, 2.75) is 52.4 Å². The fraction of sp³-hybridized carbons (Fsp3) is 0.571. The Bertz CT molecular complexity index is 489. The van der Waals surface area contributed by atoms with Gasteiger partial charge in [-0.25, -0.2) is 4.57 Å². The van der Waals surface area contributed by atoms with Crippen LogP contribution in [-0.4, -0.2) is 36.4 Å². The lowest BCUT2D eigenvalue weighted by Gasteiger charge is -2.27. The predicted molar refractivity (Wildman–Crippen MR) is 87.1 cm³/mol. The predicted octanol–water partition coefficient (Wildman–Crippen LogP) is 1.32. The summed E-state index contributed by atoms with van der Waals surface area (Å²) in [6.07, 6.45) is 0. The average molecular weight is 332 g/mol. The summed E-state index contributed by atoms with van der Waals surface area (Å²) in [5.74, 6) is 0. The van der Waals surface area contributed by atoms with Gasteiger partial charge in [0.1, 0.15) is 0 Å². The first kappa shape index (κ1) is 23.1. The second kappa shape index (κ2) is 7.90. The number of hydrogen-bond donors (Lipinski definition) is 3. The Morgan fingerprint density at radius 2 is 1.33 bits per heavy atom. The van der Waals surface area contributed by atoms with Gasteiger partial charge >= 0.3 is 7.82 Å². The van der Waals surface area contributed by atoms with Crippen molar-refractivity contribution in [2.75, 3.05) is 0 Å². The molecule has 120 valence electrons. The molecule has 7 heteroatoms. The molecule has 1 rings (SSSR count). The number of benzene rings is 1. The number of hydrogen-bond acceptors (Lipinski definition) is 1. The summed E-state index contributed by atoms with van der Waals surface area (Å²) < 4.78 is 10.2. The zero-order valence-corrected chi connectivity index (χ0v) is 15.6. The highest BCUT2D eigenvalue weighted by Gasteiger charge is 2.19. The monoisotopic (exact) mass is 332 g/mol. The summed E-state index contributed by atoms with van der Waals surface area (Å²) in [6.45, 7) is 13.6. The minimum absolute atomic E-state index is 0. The maximum absolute atomic E-state index is 8.88. The van der Waals surface area contributed by atoms with E-state index in [9.17, 15) is 0 Å². The molecule has 0 saturated carbocycles. The zero-order valence-electron chi connectivity index (χ0n) is 13.5. The standard InChI is InChI=1S/C14H21.Al.H3O4P.H2O/c1-13(2,3)11-8-7-9-12(10-11)14(4,5)6;;1-5(2,3)4;/h7-8,10H,1-6H3;;(H3,1,2,3,4);1H2. The molecular formula is C14H26AlO5P. The number of phosphoric acid groups is 1. The van der Waals surface area contributed by atoms with Crippen LogP contribution in [0.5, 0.6) is 0 Å². The van der Waals surface area contributed by atoms with Crippen LogP contribution in [-0.2, 0) is 15.4 Å². The molecule has 0 heterocycles. The highest BCUT2D eigenvalue weighted by atomic mass is 31.2. The van der Waals surface area contributed by atoms with Gasteiger partial charge in [0.2, 0.25) is 0 Å². The summed E-state index contributed by atoms with van der Waals surface area (Å²) in [5, 5.41) is 0. The molecule has 1 aromatic carbocycles. The van der Waals surface area contributed by atoms with E-state index >= 15 is 0 Å². The molecule has 0 bridgehead atoms. The molecule has 0 aliphatic heterocycles. The zero-order chi connectivity index (χ0) is 16.4. The van der Waals surface area contributed by atoms with Crippen molar-refractivity contribution < 1.29 is 24.7 Å². The van der Waals surface area contributed by atoms with Crippen molar-refractivity contribution in [3.05, 3.63) is 29.3 Å². The third-order valence-corrected chi connectivity index (χ3v) is 3.23. The summed E-state index contributed by atoms with van der Waals surface area (Å²) >= 11 is 2.84. The minimum Gasteiger partial charge on any atom is -0.412 e. The highest BCUT2D eigenvalue weighted by molar-refractivity contribution is 7.45. The maximum Gasteiger partial charge on any atom is 0.466 e. The van der Waals surface area contributed by atoms with Crippen molar-refractivity contribution >= 4 is 28.5 Å². The van der Waals surface area contributed by atoms with E-state index in [4.69, 9.17) is 19.2 Å². The molecular weight excluding hydrogens is 306 g/mol. The molecule has 2 radical (unpaired) electrons. The fourth-order valence-electron chi connectivity index (χ4n) is 1.67. The van der Waals surface area contributed by atoms with Crippen LogP contribution in [0.15, 0.2) is 18.2 Å². The molecule has 5 N–H and O–H groups in total. The van der Waals surface area contributed by atoms with Gasteiger partial charge in [0.25, 0.3) is 0 Å². The van der Waals surface area contributed by atoms with E-state index in [-0.39, 0.29) is 16.3 Å². The lowest BCUT2D eigenvalue weighted by Crippen LogP contribution is -2.25. The van der Waals surface area contributed by atoms with Gasteiger partial charge in [0, 0.05) is 0 Å². The molecule has 21 heavy (non-hydrogen) atoms. The summed E-state index contributed by atoms with van der Waals surface area (Å²) in [6, 6.07) is 6.80. The van der Waals surface area contributed by atoms with Crippen LogP contribution in [0.3, 0.4) is 0 Å². The van der Waals surface area contributed by atoms with E-state index < -0.39 is 7.82 Å². The lowest BCUT2D eigenvalue weighted by atomic mass is 9.81. The molecule has 0 atom stereocenters. The molecule has 0 aliphatic rings. The fourth-order valence-corrected chi connectivity index (χ4v) is 2.28. The second-order valence-electron chi connectivity index (χ2n) is 6.82. The number of rotatable bonds is 0. The normalized spacial score (nSPS) is 12.0. The van der Waals surface area contributed by atoms with Gasteiger partial charge in [-0.1, -0.05) is 65.3 Å². The largest absolute Gasteiger partial charge is 0.466 e. The first-order chi connectivity index (χ1) is 8.62. The van der Waals surface area contributed by atoms with Crippen LogP contribution in [0, 0.1) is 0 Å². The van der Waals surface area contributed by atoms with E-state index in [1.54, 1.807) is 0 Å². The van der Waals surface area contributed by atoms with Crippen LogP contribution in [0.25, 0.3) is 0 Å². The Kier molecular flexibility index (Phi) is 8.68. The van der Waals surface area contributed by atoms with E-state index in [2.05, 4.69) is 76.0 Å². The van der Waals surface area contributed by atoms with Crippen LogP contribution >= 0.6 is 7.82 Å². The molecule has 0 amide bonds. The Morgan fingerprint density at radius 3 is 1.62 bits per heavy atom. The van der Waals surface area contributed by atoms with Gasteiger partial charge in [-0.05, 0) is 16.4 Å². The van der Waals surface area contributed by atoms with Crippen LogP contribution in [0.4, 0.5) is 0 Å². The van der Waals surface area contributed by atoms with Gasteiger partial charge in [-0.15, -0.1) is 4.43 Å². The van der Waals surface area contributed by atoms with Crippen molar-refractivity contribution in [3.8, 4) is 0 Å². The quantitative estimate of drug-likeness (QED) is 0.492. The molecule has 0 aliphatic carbocycles. The van der Waals surface area contributed by atoms with Gasteiger partial charge in [-0.3, -0.25) is 0 Å².